The Hall–Kier alpha value is -3.24. The van der Waals surface area contributed by atoms with Gasteiger partial charge in [0.25, 0.3) is 0 Å². The number of oxazole rings is 1. The third kappa shape index (κ3) is 4.81. The summed E-state index contributed by atoms with van der Waals surface area (Å²) >= 11 is 0. The minimum atomic E-state index is -3.61. The lowest BCUT2D eigenvalue weighted by molar-refractivity contribution is -0.151. The molecule has 0 saturated carbocycles. The largest absolute Gasteiger partial charge is 0.497 e. The molecule has 0 aliphatic carbocycles. The van der Waals surface area contributed by atoms with Crippen LogP contribution in [-0.4, -0.2) is 48.9 Å². The van der Waals surface area contributed by atoms with E-state index in [1.807, 2.05) is 12.1 Å². The number of rotatable bonds is 7. The van der Waals surface area contributed by atoms with E-state index in [1.54, 1.807) is 25.3 Å². The van der Waals surface area contributed by atoms with Crippen molar-refractivity contribution in [2.45, 2.75) is 24.3 Å². The fraction of sp³-hybridized carbons (Fsp3) is 0.318. The number of ether oxygens (including phenoxy) is 2. The van der Waals surface area contributed by atoms with Crippen molar-refractivity contribution in [2.75, 3.05) is 20.2 Å². The number of pyridine rings is 1. The van der Waals surface area contributed by atoms with Crippen molar-refractivity contribution in [3.05, 3.63) is 60.7 Å². The van der Waals surface area contributed by atoms with Crippen LogP contribution in [0.25, 0.3) is 11.5 Å². The van der Waals surface area contributed by atoms with Crippen molar-refractivity contribution in [3.63, 3.8) is 0 Å². The summed E-state index contributed by atoms with van der Waals surface area (Å²) in [5.74, 6) is 0.432. The smallest absolute Gasteiger partial charge is 0.309 e. The second-order valence-electron chi connectivity index (χ2n) is 7.35. The number of aromatic nitrogens is 2. The summed E-state index contributed by atoms with van der Waals surface area (Å²) in [4.78, 5) is 20.8. The molecule has 1 fully saturated rings. The number of nitrogens with zero attached hydrogens (tertiary/aromatic N) is 3. The molecule has 168 valence electrons. The van der Waals surface area contributed by atoms with E-state index < -0.39 is 10.0 Å². The maximum atomic E-state index is 12.7. The number of piperidine rings is 1. The SMILES string of the molecule is COc1ccc(-c2nc(COC(=O)C3CCN(S(=O)(=O)c4cccnc4)CC3)co2)cc1. The summed E-state index contributed by atoms with van der Waals surface area (Å²) in [5.41, 5.74) is 1.28. The zero-order valence-corrected chi connectivity index (χ0v) is 18.3. The van der Waals surface area contributed by atoms with Gasteiger partial charge in [0.2, 0.25) is 15.9 Å². The molecule has 0 unspecified atom stereocenters. The average Bonchev–Trinajstić information content (AvgIpc) is 3.32. The van der Waals surface area contributed by atoms with Crippen LogP contribution in [0.1, 0.15) is 18.5 Å². The molecule has 4 rings (SSSR count). The Labute approximate surface area is 186 Å². The van der Waals surface area contributed by atoms with Gasteiger partial charge in [-0.1, -0.05) is 0 Å². The molecular formula is C22H23N3O6S. The number of hydrogen-bond donors (Lipinski definition) is 0. The van der Waals surface area contributed by atoms with Crippen molar-refractivity contribution < 1.29 is 27.1 Å². The first-order valence-electron chi connectivity index (χ1n) is 10.1. The summed E-state index contributed by atoms with van der Waals surface area (Å²) in [6, 6.07) is 10.4. The quantitative estimate of drug-likeness (QED) is 0.498. The minimum absolute atomic E-state index is 0.00726. The van der Waals surface area contributed by atoms with Crippen LogP contribution >= 0.6 is 0 Å². The summed E-state index contributed by atoms with van der Waals surface area (Å²) in [5, 5.41) is 0. The van der Waals surface area contributed by atoms with E-state index in [0.717, 1.165) is 11.3 Å². The van der Waals surface area contributed by atoms with Crippen LogP contribution in [-0.2, 0) is 26.2 Å². The van der Waals surface area contributed by atoms with Crippen LogP contribution in [0, 0.1) is 5.92 Å². The van der Waals surface area contributed by atoms with Crippen molar-refractivity contribution in [2.24, 2.45) is 5.92 Å². The van der Waals surface area contributed by atoms with Gasteiger partial charge in [0.05, 0.1) is 13.0 Å². The van der Waals surface area contributed by atoms with Crippen LogP contribution < -0.4 is 4.74 Å². The highest BCUT2D eigenvalue weighted by Gasteiger charge is 2.33. The highest BCUT2D eigenvalue weighted by molar-refractivity contribution is 7.89. The Balaban J connectivity index is 1.29. The topological polar surface area (TPSA) is 112 Å². The molecular weight excluding hydrogens is 434 g/mol. The molecule has 0 spiro atoms. The van der Waals surface area contributed by atoms with E-state index in [2.05, 4.69) is 9.97 Å². The predicted molar refractivity (Wildman–Crippen MR) is 114 cm³/mol. The van der Waals surface area contributed by atoms with Crippen molar-refractivity contribution in [1.29, 1.82) is 0 Å². The van der Waals surface area contributed by atoms with Gasteiger partial charge in [-0.05, 0) is 49.2 Å². The third-order valence-corrected chi connectivity index (χ3v) is 7.19. The number of carbonyl (C=O) groups is 1. The molecule has 0 amide bonds. The maximum absolute atomic E-state index is 12.7. The Morgan fingerprint density at radius 2 is 1.94 bits per heavy atom. The average molecular weight is 458 g/mol. The van der Waals surface area contributed by atoms with Crippen LogP contribution in [0.3, 0.4) is 0 Å². The highest BCUT2D eigenvalue weighted by atomic mass is 32.2. The third-order valence-electron chi connectivity index (χ3n) is 5.31. The van der Waals surface area contributed by atoms with Crippen molar-refractivity contribution in [1.82, 2.24) is 14.3 Å². The van der Waals surface area contributed by atoms with Gasteiger partial charge in [0, 0.05) is 31.0 Å². The molecule has 32 heavy (non-hydrogen) atoms. The monoisotopic (exact) mass is 457 g/mol. The Morgan fingerprint density at radius 1 is 1.19 bits per heavy atom. The molecule has 0 N–H and O–H groups in total. The van der Waals surface area contributed by atoms with Crippen molar-refractivity contribution in [3.8, 4) is 17.2 Å². The van der Waals surface area contributed by atoms with Gasteiger partial charge in [-0.2, -0.15) is 4.31 Å². The molecule has 0 bridgehead atoms. The number of hydrogen-bond acceptors (Lipinski definition) is 8. The minimum Gasteiger partial charge on any atom is -0.497 e. The molecule has 1 aliphatic heterocycles. The van der Waals surface area contributed by atoms with Gasteiger partial charge in [0.15, 0.2) is 0 Å². The first-order valence-corrected chi connectivity index (χ1v) is 11.6. The number of methoxy groups -OCH3 is 1. The van der Waals surface area contributed by atoms with Crippen LogP contribution in [0.4, 0.5) is 0 Å². The van der Waals surface area contributed by atoms with E-state index in [1.165, 1.54) is 29.0 Å². The number of carbonyl (C=O) groups excluding carboxylic acids is 1. The Bertz CT molecular complexity index is 1150. The summed E-state index contributed by atoms with van der Waals surface area (Å²) in [7, 11) is -2.01. The van der Waals surface area contributed by atoms with E-state index in [4.69, 9.17) is 13.9 Å². The molecule has 3 heterocycles. The van der Waals surface area contributed by atoms with Crippen LogP contribution in [0.5, 0.6) is 5.75 Å². The lowest BCUT2D eigenvalue weighted by Crippen LogP contribution is -2.40. The van der Waals surface area contributed by atoms with E-state index in [9.17, 15) is 13.2 Å². The van der Waals surface area contributed by atoms with Crippen molar-refractivity contribution >= 4 is 16.0 Å². The summed E-state index contributed by atoms with van der Waals surface area (Å²) in [6.07, 6.45) is 5.10. The fourth-order valence-electron chi connectivity index (χ4n) is 3.48. The first kappa shape index (κ1) is 22.0. The van der Waals surface area contributed by atoms with E-state index in [-0.39, 0.29) is 36.5 Å². The van der Waals surface area contributed by atoms with Gasteiger partial charge in [0.1, 0.15) is 29.2 Å². The normalized spacial score (nSPS) is 15.4. The lowest BCUT2D eigenvalue weighted by Gasteiger charge is -2.29. The second-order valence-corrected chi connectivity index (χ2v) is 9.29. The van der Waals surface area contributed by atoms with Gasteiger partial charge >= 0.3 is 5.97 Å². The summed E-state index contributed by atoms with van der Waals surface area (Å²) < 4.78 is 42.7. The first-order chi connectivity index (χ1) is 15.5. The van der Waals surface area contributed by atoms with Crippen LogP contribution in [0.2, 0.25) is 0 Å². The zero-order valence-electron chi connectivity index (χ0n) is 17.5. The standard InChI is InChI=1S/C22H23N3O6S/c1-29-19-6-4-16(5-7-19)21-24-18(14-30-21)15-31-22(26)17-8-11-25(12-9-17)32(27,28)20-3-2-10-23-13-20/h2-7,10,13-14,17H,8-9,11-12,15H2,1H3. The molecule has 10 heteroatoms. The van der Waals surface area contributed by atoms with Gasteiger partial charge in [-0.3, -0.25) is 9.78 Å². The molecule has 1 saturated heterocycles. The van der Waals surface area contributed by atoms with Gasteiger partial charge in [-0.15, -0.1) is 0 Å². The van der Waals surface area contributed by atoms with Gasteiger partial charge in [-0.25, -0.2) is 13.4 Å². The summed E-state index contributed by atoms with van der Waals surface area (Å²) in [6.45, 7) is 0.498. The molecule has 2 aromatic heterocycles. The van der Waals surface area contributed by atoms with Crippen LogP contribution in [0.15, 0.2) is 64.4 Å². The molecule has 0 radical (unpaired) electrons. The van der Waals surface area contributed by atoms with Gasteiger partial charge < -0.3 is 13.9 Å². The molecule has 1 aromatic carbocycles. The Kier molecular flexibility index (Phi) is 6.52. The fourth-order valence-corrected chi connectivity index (χ4v) is 4.92. The number of benzene rings is 1. The zero-order chi connectivity index (χ0) is 22.6. The molecule has 0 atom stereocenters. The number of sulfonamides is 1. The lowest BCUT2D eigenvalue weighted by atomic mass is 9.98. The molecule has 9 nitrogen and oxygen atoms in total. The second kappa shape index (κ2) is 9.49. The van der Waals surface area contributed by atoms with E-state index >= 15 is 0 Å². The predicted octanol–water partition coefficient (Wildman–Crippen LogP) is 2.89. The maximum Gasteiger partial charge on any atom is 0.309 e. The number of esters is 1. The Morgan fingerprint density at radius 3 is 2.59 bits per heavy atom. The van der Waals surface area contributed by atoms with E-state index in [0.29, 0.717) is 24.4 Å². The highest BCUT2D eigenvalue weighted by Crippen LogP contribution is 2.25. The molecule has 1 aliphatic rings. The molecule has 3 aromatic rings.